The van der Waals surface area contributed by atoms with Gasteiger partial charge in [-0.3, -0.25) is 9.78 Å². The predicted molar refractivity (Wildman–Crippen MR) is 96.0 cm³/mol. The van der Waals surface area contributed by atoms with Gasteiger partial charge < -0.3 is 15.8 Å². The minimum Gasteiger partial charge on any atom is -0.496 e. The number of carbonyl (C=O) groups is 1. The summed E-state index contributed by atoms with van der Waals surface area (Å²) in [5.41, 5.74) is 7.76. The standard InChI is InChI=1S/C16H18BrN3O2.ClH/c1-10(11-3-4-15(22-2)14(17)8-11)20-16(21)12-5-6-19-13(7-12)9-18;/h3-8,10H,9,18H2,1-2H3,(H,20,21);1H. The lowest BCUT2D eigenvalue weighted by Crippen LogP contribution is -2.26. The molecule has 0 radical (unpaired) electrons. The number of nitrogens with two attached hydrogens (primary N) is 1. The minimum atomic E-state index is -0.156. The van der Waals surface area contributed by atoms with Crippen molar-refractivity contribution >= 4 is 34.2 Å². The molecule has 7 heteroatoms. The third-order valence-corrected chi connectivity index (χ3v) is 3.93. The molecule has 0 saturated heterocycles. The van der Waals surface area contributed by atoms with E-state index in [0.29, 0.717) is 17.8 Å². The van der Waals surface area contributed by atoms with Crippen molar-refractivity contribution in [2.24, 2.45) is 5.73 Å². The first-order valence-corrected chi connectivity index (χ1v) is 7.63. The molecule has 23 heavy (non-hydrogen) atoms. The summed E-state index contributed by atoms with van der Waals surface area (Å²) >= 11 is 3.45. The molecule has 1 amide bonds. The van der Waals surface area contributed by atoms with Crippen molar-refractivity contribution in [2.45, 2.75) is 19.5 Å². The van der Waals surface area contributed by atoms with E-state index in [1.54, 1.807) is 25.4 Å². The van der Waals surface area contributed by atoms with Crippen molar-refractivity contribution in [1.82, 2.24) is 10.3 Å². The minimum absolute atomic E-state index is 0. The van der Waals surface area contributed by atoms with E-state index >= 15 is 0 Å². The van der Waals surface area contributed by atoms with Crippen LogP contribution in [0.25, 0.3) is 0 Å². The Morgan fingerprint density at radius 2 is 2.13 bits per heavy atom. The van der Waals surface area contributed by atoms with E-state index < -0.39 is 0 Å². The van der Waals surface area contributed by atoms with Crippen LogP contribution in [0.2, 0.25) is 0 Å². The molecular formula is C16H19BrClN3O2. The number of nitrogens with one attached hydrogen (secondary N) is 1. The van der Waals surface area contributed by atoms with Gasteiger partial charge >= 0.3 is 0 Å². The molecule has 0 spiro atoms. The van der Waals surface area contributed by atoms with Crippen LogP contribution < -0.4 is 15.8 Å². The lowest BCUT2D eigenvalue weighted by atomic mass is 10.1. The van der Waals surface area contributed by atoms with E-state index in [-0.39, 0.29) is 24.4 Å². The number of carbonyl (C=O) groups excluding carboxylic acids is 1. The average molecular weight is 401 g/mol. The molecule has 1 aromatic heterocycles. The molecule has 0 aliphatic rings. The molecule has 3 N–H and O–H groups in total. The zero-order valence-electron chi connectivity index (χ0n) is 12.9. The summed E-state index contributed by atoms with van der Waals surface area (Å²) in [5, 5.41) is 2.96. The maximum Gasteiger partial charge on any atom is 0.251 e. The van der Waals surface area contributed by atoms with Crippen LogP contribution in [0.1, 0.15) is 34.6 Å². The highest BCUT2D eigenvalue weighted by Crippen LogP contribution is 2.28. The Morgan fingerprint density at radius 1 is 1.39 bits per heavy atom. The first kappa shape index (κ1) is 19.4. The molecule has 1 atom stereocenters. The molecule has 1 heterocycles. The molecule has 124 valence electrons. The third kappa shape index (κ3) is 4.92. The van der Waals surface area contributed by atoms with Gasteiger partial charge in [0.1, 0.15) is 5.75 Å². The van der Waals surface area contributed by atoms with Gasteiger partial charge in [0.2, 0.25) is 0 Å². The largest absolute Gasteiger partial charge is 0.496 e. The number of hydrogen-bond donors (Lipinski definition) is 2. The Labute approximate surface area is 150 Å². The van der Waals surface area contributed by atoms with Crippen LogP contribution in [0.15, 0.2) is 41.0 Å². The van der Waals surface area contributed by atoms with Gasteiger partial charge in [0.25, 0.3) is 5.91 Å². The fourth-order valence-electron chi connectivity index (χ4n) is 2.05. The fourth-order valence-corrected chi connectivity index (χ4v) is 2.60. The second kappa shape index (κ2) is 8.86. The van der Waals surface area contributed by atoms with Gasteiger partial charge in [-0.25, -0.2) is 0 Å². The molecule has 0 bridgehead atoms. The van der Waals surface area contributed by atoms with E-state index in [4.69, 9.17) is 10.5 Å². The van der Waals surface area contributed by atoms with Crippen LogP contribution in [0.4, 0.5) is 0 Å². The topological polar surface area (TPSA) is 77.2 Å². The van der Waals surface area contributed by atoms with Crippen LogP contribution in [0.5, 0.6) is 5.75 Å². The van der Waals surface area contributed by atoms with Crippen LogP contribution in [-0.4, -0.2) is 18.0 Å². The zero-order valence-corrected chi connectivity index (χ0v) is 15.3. The molecule has 0 aliphatic carbocycles. The Morgan fingerprint density at radius 3 is 2.74 bits per heavy atom. The SMILES string of the molecule is COc1ccc(C(C)NC(=O)c2ccnc(CN)c2)cc1Br.Cl. The van der Waals surface area contributed by atoms with E-state index in [1.807, 2.05) is 25.1 Å². The molecule has 1 aromatic carbocycles. The zero-order chi connectivity index (χ0) is 16.1. The Hall–Kier alpha value is -1.63. The number of methoxy groups -OCH3 is 1. The van der Waals surface area contributed by atoms with Crippen molar-refractivity contribution in [3.05, 3.63) is 57.8 Å². The number of rotatable bonds is 5. The van der Waals surface area contributed by atoms with Crippen molar-refractivity contribution in [3.63, 3.8) is 0 Å². The first-order valence-electron chi connectivity index (χ1n) is 6.84. The van der Waals surface area contributed by atoms with E-state index in [1.165, 1.54) is 0 Å². The quantitative estimate of drug-likeness (QED) is 0.808. The summed E-state index contributed by atoms with van der Waals surface area (Å²) in [6.07, 6.45) is 1.59. The highest BCUT2D eigenvalue weighted by molar-refractivity contribution is 9.10. The number of amides is 1. The van der Waals surface area contributed by atoms with Gasteiger partial charge in [0, 0.05) is 18.3 Å². The third-order valence-electron chi connectivity index (χ3n) is 3.31. The fraction of sp³-hybridized carbons (Fsp3) is 0.250. The maximum atomic E-state index is 12.3. The lowest BCUT2D eigenvalue weighted by Gasteiger charge is -2.16. The van der Waals surface area contributed by atoms with Gasteiger partial charge in [-0.1, -0.05) is 6.07 Å². The van der Waals surface area contributed by atoms with Gasteiger partial charge in [-0.05, 0) is 52.7 Å². The van der Waals surface area contributed by atoms with Crippen molar-refractivity contribution in [2.75, 3.05) is 7.11 Å². The Bertz CT molecular complexity index is 682. The number of aromatic nitrogens is 1. The highest BCUT2D eigenvalue weighted by Gasteiger charge is 2.13. The summed E-state index contributed by atoms with van der Waals surface area (Å²) in [6, 6.07) is 8.95. The Balaban J connectivity index is 0.00000264. The molecule has 2 aromatic rings. The van der Waals surface area contributed by atoms with Gasteiger partial charge in [-0.15, -0.1) is 12.4 Å². The number of hydrogen-bond acceptors (Lipinski definition) is 4. The number of nitrogens with zero attached hydrogens (tertiary/aromatic N) is 1. The molecule has 0 fully saturated rings. The summed E-state index contributed by atoms with van der Waals surface area (Å²) < 4.78 is 6.05. The second-order valence-corrected chi connectivity index (χ2v) is 5.68. The number of halogens is 2. The van der Waals surface area contributed by atoms with Gasteiger partial charge in [-0.2, -0.15) is 0 Å². The number of pyridine rings is 1. The van der Waals surface area contributed by atoms with Crippen molar-refractivity contribution in [3.8, 4) is 5.75 Å². The summed E-state index contributed by atoms with van der Waals surface area (Å²) in [5.74, 6) is 0.598. The monoisotopic (exact) mass is 399 g/mol. The van der Waals surface area contributed by atoms with E-state index in [0.717, 1.165) is 15.8 Å². The van der Waals surface area contributed by atoms with Gasteiger partial charge in [0.15, 0.2) is 0 Å². The van der Waals surface area contributed by atoms with Crippen molar-refractivity contribution < 1.29 is 9.53 Å². The number of ether oxygens (including phenoxy) is 1. The molecule has 2 rings (SSSR count). The van der Waals surface area contributed by atoms with Crippen LogP contribution in [0.3, 0.4) is 0 Å². The summed E-state index contributed by atoms with van der Waals surface area (Å²) in [7, 11) is 1.61. The van der Waals surface area contributed by atoms with Gasteiger partial charge in [0.05, 0.1) is 23.3 Å². The molecule has 0 aliphatic heterocycles. The average Bonchev–Trinajstić information content (AvgIpc) is 2.54. The van der Waals surface area contributed by atoms with E-state index in [9.17, 15) is 4.79 Å². The molecule has 1 unspecified atom stereocenters. The second-order valence-electron chi connectivity index (χ2n) is 4.83. The maximum absolute atomic E-state index is 12.3. The lowest BCUT2D eigenvalue weighted by molar-refractivity contribution is 0.0939. The smallest absolute Gasteiger partial charge is 0.251 e. The van der Waals surface area contributed by atoms with Crippen LogP contribution in [-0.2, 0) is 6.54 Å². The van der Waals surface area contributed by atoms with Crippen LogP contribution >= 0.6 is 28.3 Å². The van der Waals surface area contributed by atoms with Crippen LogP contribution in [0, 0.1) is 0 Å². The molecule has 0 saturated carbocycles. The molecular weight excluding hydrogens is 382 g/mol. The van der Waals surface area contributed by atoms with Crippen molar-refractivity contribution in [1.29, 1.82) is 0 Å². The molecule has 5 nitrogen and oxygen atoms in total. The number of benzene rings is 1. The summed E-state index contributed by atoms with van der Waals surface area (Å²) in [6.45, 7) is 2.24. The Kier molecular flexibility index (Phi) is 7.48. The normalized spacial score (nSPS) is 11.3. The first-order chi connectivity index (χ1) is 10.5. The summed E-state index contributed by atoms with van der Waals surface area (Å²) in [4.78, 5) is 16.4. The predicted octanol–water partition coefficient (Wildman–Crippen LogP) is 3.22. The van der Waals surface area contributed by atoms with E-state index in [2.05, 4.69) is 26.2 Å². The highest BCUT2D eigenvalue weighted by atomic mass is 79.9.